The largest absolute Gasteiger partial charge is 0.480 e. The summed E-state index contributed by atoms with van der Waals surface area (Å²) >= 11 is 0. The zero-order valence-electron chi connectivity index (χ0n) is 22.3. The summed E-state index contributed by atoms with van der Waals surface area (Å²) in [6, 6.07) is 30.4. The van der Waals surface area contributed by atoms with Gasteiger partial charge in [0.05, 0.1) is 18.0 Å². The zero-order chi connectivity index (χ0) is 28.1. The lowest BCUT2D eigenvalue weighted by molar-refractivity contribution is -0.139. The lowest BCUT2D eigenvalue weighted by Gasteiger charge is -2.44. The molecule has 0 saturated carbocycles. The number of hydrogen-bond donors (Lipinski definition) is 1. The summed E-state index contributed by atoms with van der Waals surface area (Å²) < 4.78 is 0. The predicted octanol–water partition coefficient (Wildman–Crippen LogP) is 5.39. The molecule has 0 spiro atoms. The fraction of sp³-hybridized carbons (Fsp3) is 0.212. The Morgan fingerprint density at radius 3 is 2.30 bits per heavy atom. The molecule has 2 heterocycles. The Morgan fingerprint density at radius 2 is 1.62 bits per heavy atom. The summed E-state index contributed by atoms with van der Waals surface area (Å²) in [7, 11) is 1.96. The number of likely N-dealkylation sites (tertiary alicyclic amines) is 1. The lowest BCUT2D eigenvalue weighted by Crippen LogP contribution is -2.54. The van der Waals surface area contributed by atoms with Gasteiger partial charge in [-0.3, -0.25) is 19.5 Å². The third kappa shape index (κ3) is 5.42. The second-order valence-electron chi connectivity index (χ2n) is 10.2. The third-order valence-electron chi connectivity index (χ3n) is 7.79. The van der Waals surface area contributed by atoms with Crippen LogP contribution >= 0.6 is 0 Å². The molecule has 1 aromatic heterocycles. The van der Waals surface area contributed by atoms with Crippen molar-refractivity contribution in [2.75, 3.05) is 25.0 Å². The number of nitrogens with zero attached hydrogens (tertiary/aromatic N) is 3. The predicted molar refractivity (Wildman–Crippen MR) is 155 cm³/mol. The molecular weight excluding hydrogens is 502 g/mol. The minimum Gasteiger partial charge on any atom is -0.480 e. The monoisotopic (exact) mass is 533 g/mol. The van der Waals surface area contributed by atoms with Crippen LogP contribution in [0.1, 0.15) is 28.9 Å². The highest BCUT2D eigenvalue weighted by atomic mass is 16.4. The van der Waals surface area contributed by atoms with Gasteiger partial charge in [0.2, 0.25) is 0 Å². The molecule has 4 aromatic rings. The number of hydrogen-bond acceptors (Lipinski definition) is 6. The third-order valence-corrected chi connectivity index (χ3v) is 7.79. The number of benzene rings is 3. The van der Waals surface area contributed by atoms with Gasteiger partial charge in [0.25, 0.3) is 0 Å². The highest BCUT2D eigenvalue weighted by Crippen LogP contribution is 2.43. The normalized spacial score (nSPS) is 19.1. The van der Waals surface area contributed by atoms with Crippen LogP contribution in [0.25, 0.3) is 11.1 Å². The quantitative estimate of drug-likeness (QED) is 0.228. The average Bonchev–Trinajstić information content (AvgIpc) is 3.01. The van der Waals surface area contributed by atoms with Crippen LogP contribution in [-0.2, 0) is 15.0 Å². The maximum Gasteiger partial charge on any atom is 0.317 e. The maximum atomic E-state index is 13.6. The van der Waals surface area contributed by atoms with E-state index in [0.29, 0.717) is 6.42 Å². The summed E-state index contributed by atoms with van der Waals surface area (Å²) in [4.78, 5) is 46.1. The number of para-hydroxylation sites is 1. The molecule has 0 radical (unpaired) electrons. The molecule has 2 unspecified atom stereocenters. The number of carbonyl (C=O) groups is 3. The number of pyridine rings is 1. The van der Waals surface area contributed by atoms with Crippen molar-refractivity contribution >= 4 is 29.4 Å². The van der Waals surface area contributed by atoms with Gasteiger partial charge in [-0.25, -0.2) is 0 Å². The molecule has 0 aliphatic carbocycles. The van der Waals surface area contributed by atoms with Crippen LogP contribution in [0.15, 0.2) is 103 Å². The molecule has 5 rings (SSSR count). The number of carboxylic acids is 1. The van der Waals surface area contributed by atoms with Gasteiger partial charge in [-0.2, -0.15) is 0 Å². The molecule has 1 aliphatic heterocycles. The van der Waals surface area contributed by atoms with E-state index in [1.165, 1.54) is 6.20 Å². The molecule has 202 valence electrons. The van der Waals surface area contributed by atoms with E-state index in [0.717, 1.165) is 34.4 Å². The molecule has 1 saturated heterocycles. The highest BCUT2D eigenvalue weighted by molar-refractivity contribution is 5.99. The standard InChI is InChI=1S/C33H31N3O4/c1-35(26-16-14-25(15-17-26)24-9-3-2-4-10-24)29-13-6-5-11-27(29)33(23-37)18-20-36(22-31(38)39)30(21-33)32(40)28-12-7-8-19-34-28/h2-17,19,23,30H,18,20-22H2,1H3,(H,38,39). The van der Waals surface area contributed by atoms with Crippen molar-refractivity contribution in [3.05, 3.63) is 115 Å². The van der Waals surface area contributed by atoms with E-state index in [4.69, 9.17) is 0 Å². The molecule has 2 atom stereocenters. The number of ketones is 1. The van der Waals surface area contributed by atoms with E-state index in [1.54, 1.807) is 23.1 Å². The van der Waals surface area contributed by atoms with Crippen LogP contribution in [0.5, 0.6) is 0 Å². The van der Waals surface area contributed by atoms with Gasteiger partial charge in [0, 0.05) is 31.2 Å². The Labute approximate surface area is 233 Å². The van der Waals surface area contributed by atoms with Gasteiger partial charge in [-0.1, -0.05) is 66.7 Å². The first-order valence-corrected chi connectivity index (χ1v) is 13.3. The molecule has 0 bridgehead atoms. The Morgan fingerprint density at radius 1 is 0.950 bits per heavy atom. The molecule has 7 nitrogen and oxygen atoms in total. The number of Topliss-reactive ketones (excluding diaryl/α,β-unsaturated/α-hetero) is 1. The minimum atomic E-state index is -1.02. The topological polar surface area (TPSA) is 90.8 Å². The van der Waals surface area contributed by atoms with Crippen molar-refractivity contribution in [1.82, 2.24) is 9.88 Å². The fourth-order valence-corrected chi connectivity index (χ4v) is 5.63. The molecule has 0 amide bonds. The number of carbonyl (C=O) groups excluding carboxylic acids is 2. The summed E-state index contributed by atoms with van der Waals surface area (Å²) in [6.07, 6.45) is 3.04. The van der Waals surface area contributed by atoms with Gasteiger partial charge in [0.15, 0.2) is 5.78 Å². The summed E-state index contributed by atoms with van der Waals surface area (Å²) in [5, 5.41) is 9.53. The van der Waals surface area contributed by atoms with Crippen molar-refractivity contribution in [1.29, 1.82) is 0 Å². The molecule has 40 heavy (non-hydrogen) atoms. The van der Waals surface area contributed by atoms with Crippen molar-refractivity contribution < 1.29 is 19.5 Å². The molecule has 3 aromatic carbocycles. The van der Waals surface area contributed by atoms with Crippen LogP contribution in [0, 0.1) is 0 Å². The molecule has 1 N–H and O–H groups in total. The van der Waals surface area contributed by atoms with Crippen LogP contribution < -0.4 is 4.90 Å². The SMILES string of the molecule is CN(c1ccc(-c2ccccc2)cc1)c1ccccc1C1(C=O)CCN(CC(=O)O)C(C(=O)c2ccccn2)C1. The smallest absolute Gasteiger partial charge is 0.317 e. The lowest BCUT2D eigenvalue weighted by atomic mass is 9.69. The second-order valence-corrected chi connectivity index (χ2v) is 10.2. The number of carboxylic acid groups (broad SMARTS) is 1. The first-order valence-electron chi connectivity index (χ1n) is 13.3. The first-order chi connectivity index (χ1) is 19.4. The average molecular weight is 534 g/mol. The fourth-order valence-electron chi connectivity index (χ4n) is 5.63. The van der Waals surface area contributed by atoms with E-state index in [2.05, 4.69) is 46.3 Å². The van der Waals surface area contributed by atoms with Gasteiger partial charge < -0.3 is 14.8 Å². The number of aromatic nitrogens is 1. The Balaban J connectivity index is 1.49. The second kappa shape index (κ2) is 11.6. The van der Waals surface area contributed by atoms with Crippen molar-refractivity contribution in [3.8, 4) is 11.1 Å². The van der Waals surface area contributed by atoms with E-state index < -0.39 is 17.4 Å². The van der Waals surface area contributed by atoms with Crippen LogP contribution in [0.2, 0.25) is 0 Å². The Bertz CT molecular complexity index is 1490. The summed E-state index contributed by atoms with van der Waals surface area (Å²) in [5.41, 5.74) is 4.15. The van der Waals surface area contributed by atoms with Crippen LogP contribution in [0.4, 0.5) is 11.4 Å². The van der Waals surface area contributed by atoms with Gasteiger partial charge in [-0.05, 0) is 59.9 Å². The molecule has 1 fully saturated rings. The van der Waals surface area contributed by atoms with Crippen molar-refractivity contribution in [2.24, 2.45) is 0 Å². The molecule has 7 heteroatoms. The Hall–Kier alpha value is -4.62. The first kappa shape index (κ1) is 27.0. The van der Waals surface area contributed by atoms with Crippen molar-refractivity contribution in [2.45, 2.75) is 24.3 Å². The summed E-state index contributed by atoms with van der Waals surface area (Å²) in [5.74, 6) is -1.30. The van der Waals surface area contributed by atoms with E-state index in [9.17, 15) is 19.5 Å². The van der Waals surface area contributed by atoms with Crippen LogP contribution in [-0.4, -0.2) is 59.2 Å². The highest BCUT2D eigenvalue weighted by Gasteiger charge is 2.46. The Kier molecular flexibility index (Phi) is 7.84. The van der Waals surface area contributed by atoms with Gasteiger partial charge in [-0.15, -0.1) is 0 Å². The zero-order valence-corrected chi connectivity index (χ0v) is 22.3. The van der Waals surface area contributed by atoms with Crippen LogP contribution in [0.3, 0.4) is 0 Å². The van der Waals surface area contributed by atoms with E-state index in [1.807, 2.05) is 49.5 Å². The van der Waals surface area contributed by atoms with Crippen molar-refractivity contribution in [3.63, 3.8) is 0 Å². The molecule has 1 aliphatic rings. The number of anilines is 2. The number of aliphatic carboxylic acids is 1. The summed E-state index contributed by atoms with van der Waals surface area (Å²) in [6.45, 7) is 0.00555. The van der Waals surface area contributed by atoms with E-state index >= 15 is 0 Å². The van der Waals surface area contributed by atoms with E-state index in [-0.39, 0.29) is 31.0 Å². The minimum absolute atomic E-state index is 0.164. The maximum absolute atomic E-state index is 13.6. The molecular formula is C33H31N3O4. The van der Waals surface area contributed by atoms with Gasteiger partial charge >= 0.3 is 5.97 Å². The number of piperidine rings is 1. The number of rotatable bonds is 9. The number of aldehydes is 1. The van der Waals surface area contributed by atoms with Gasteiger partial charge in [0.1, 0.15) is 12.0 Å².